The van der Waals surface area contributed by atoms with Crippen molar-refractivity contribution < 1.29 is 17.6 Å². The maximum absolute atomic E-state index is 14.5. The van der Waals surface area contributed by atoms with Crippen LogP contribution in [0.15, 0.2) is 28.7 Å². The second-order valence-corrected chi connectivity index (χ2v) is 10.4. The molecule has 0 N–H and O–H groups in total. The maximum atomic E-state index is 14.5. The van der Waals surface area contributed by atoms with Gasteiger partial charge >= 0.3 is 6.18 Å². The molecule has 3 aromatic rings. The van der Waals surface area contributed by atoms with E-state index < -0.39 is 17.0 Å². The molecule has 0 unspecified atom stereocenters. The Morgan fingerprint density at radius 2 is 1.91 bits per heavy atom. The molecule has 0 radical (unpaired) electrons. The van der Waals surface area contributed by atoms with Crippen LogP contribution in [0.25, 0.3) is 10.9 Å². The van der Waals surface area contributed by atoms with Gasteiger partial charge in [-0.2, -0.15) is 18.4 Å². The highest BCUT2D eigenvalue weighted by atomic mass is 35.5. The first-order valence-corrected chi connectivity index (χ1v) is 11.9. The number of nitrogens with zero attached hydrogens (tertiary/aromatic N) is 6. The minimum atomic E-state index is -4.44. The van der Waals surface area contributed by atoms with Crippen molar-refractivity contribution in [2.45, 2.75) is 36.8 Å². The highest BCUT2D eigenvalue weighted by Crippen LogP contribution is 2.75. The number of halogens is 4. The van der Waals surface area contributed by atoms with Gasteiger partial charge in [0, 0.05) is 30.1 Å². The topological polar surface area (TPSA) is 82.1 Å². The summed E-state index contributed by atoms with van der Waals surface area (Å²) in [7, 11) is 2.04. The van der Waals surface area contributed by atoms with Crippen LogP contribution in [-0.2, 0) is 5.41 Å². The Bertz CT molecular complexity index is 1360. The predicted octanol–water partition coefficient (Wildman–Crippen LogP) is 4.66. The van der Waals surface area contributed by atoms with E-state index in [1.807, 2.05) is 7.05 Å². The number of nitriles is 1. The van der Waals surface area contributed by atoms with Gasteiger partial charge in [-0.3, -0.25) is 0 Å². The van der Waals surface area contributed by atoms with Crippen molar-refractivity contribution in [3.05, 3.63) is 46.8 Å². The van der Waals surface area contributed by atoms with Crippen molar-refractivity contribution in [2.24, 2.45) is 5.41 Å². The zero-order valence-corrected chi connectivity index (χ0v) is 19.7. The molecular formula is C24H22ClF3N6O. The predicted molar refractivity (Wildman–Crippen MR) is 122 cm³/mol. The van der Waals surface area contributed by atoms with Gasteiger partial charge in [0.15, 0.2) is 0 Å². The summed E-state index contributed by atoms with van der Waals surface area (Å²) in [6.07, 6.45) is -2.83. The van der Waals surface area contributed by atoms with Crippen LogP contribution in [0.3, 0.4) is 0 Å². The van der Waals surface area contributed by atoms with E-state index in [9.17, 15) is 18.4 Å². The summed E-state index contributed by atoms with van der Waals surface area (Å²) in [5.74, 6) is 0.579. The average molecular weight is 503 g/mol. The number of anilines is 1. The Morgan fingerprint density at radius 1 is 1.14 bits per heavy atom. The molecule has 2 saturated heterocycles. The standard InChI is InChI=1S/C24H22ClF3N6O/c1-33-8-6-14(7-9-33)20-31-32-21(35-20)22-11-23(22,24(26,27)28)13-34(12-22)17-4-2-15(10-29)19-16(17)3-5-18(25)30-19/h2-5,14H,6-9,11-13H2,1H3/t22-,23-/m0/s1. The summed E-state index contributed by atoms with van der Waals surface area (Å²) in [6, 6.07) is 8.60. The molecule has 2 atom stereocenters. The third-order valence-corrected chi connectivity index (χ3v) is 8.25. The summed E-state index contributed by atoms with van der Waals surface area (Å²) in [5, 5.41) is 18.6. The highest BCUT2D eigenvalue weighted by molar-refractivity contribution is 6.29. The number of alkyl halides is 3. The Labute approximate surface area is 204 Å². The van der Waals surface area contributed by atoms with Gasteiger partial charge in [0.1, 0.15) is 16.6 Å². The molecule has 2 aliphatic heterocycles. The lowest BCUT2D eigenvalue weighted by atomic mass is 9.95. The molecule has 6 rings (SSSR count). The third kappa shape index (κ3) is 3.24. The van der Waals surface area contributed by atoms with Gasteiger partial charge in [-0.15, -0.1) is 10.2 Å². The first-order chi connectivity index (χ1) is 16.7. The van der Waals surface area contributed by atoms with Crippen LogP contribution in [-0.4, -0.2) is 59.5 Å². The van der Waals surface area contributed by atoms with Gasteiger partial charge in [-0.05, 0) is 63.7 Å². The average Bonchev–Trinajstić information content (AvgIpc) is 3.13. The van der Waals surface area contributed by atoms with Crippen molar-refractivity contribution in [2.75, 3.05) is 38.1 Å². The molecule has 2 aromatic heterocycles. The van der Waals surface area contributed by atoms with Crippen molar-refractivity contribution >= 4 is 28.2 Å². The summed E-state index contributed by atoms with van der Waals surface area (Å²) in [5.41, 5.74) is -1.99. The molecule has 1 saturated carbocycles. The van der Waals surface area contributed by atoms with Crippen molar-refractivity contribution in [3.63, 3.8) is 0 Å². The summed E-state index contributed by atoms with van der Waals surface area (Å²) >= 11 is 6.04. The number of aromatic nitrogens is 3. The van der Waals surface area contributed by atoms with Crippen LogP contribution in [0.1, 0.15) is 42.5 Å². The van der Waals surface area contributed by atoms with Crippen molar-refractivity contribution in [1.82, 2.24) is 20.1 Å². The molecule has 7 nitrogen and oxygen atoms in total. The summed E-state index contributed by atoms with van der Waals surface area (Å²) in [6.45, 7) is 1.63. The Morgan fingerprint density at radius 3 is 2.63 bits per heavy atom. The van der Waals surface area contributed by atoms with Crippen LogP contribution < -0.4 is 4.90 Å². The molecule has 0 bridgehead atoms. The molecule has 3 fully saturated rings. The zero-order chi connectivity index (χ0) is 24.6. The van der Waals surface area contributed by atoms with Gasteiger partial charge in [-0.25, -0.2) is 4.98 Å². The van der Waals surface area contributed by atoms with E-state index in [0.29, 0.717) is 28.0 Å². The molecule has 182 valence electrons. The smallest absolute Gasteiger partial charge is 0.397 e. The fourth-order valence-corrected chi connectivity index (χ4v) is 6.11. The highest BCUT2D eigenvalue weighted by Gasteiger charge is 2.86. The molecular weight excluding hydrogens is 481 g/mol. The van der Waals surface area contributed by atoms with Crippen molar-refractivity contribution in [3.8, 4) is 6.07 Å². The molecule has 1 aromatic carbocycles. The lowest BCUT2D eigenvalue weighted by molar-refractivity contribution is -0.187. The molecule has 1 aliphatic carbocycles. The number of likely N-dealkylation sites (tertiary alicyclic amines) is 1. The quantitative estimate of drug-likeness (QED) is 0.482. The molecule has 35 heavy (non-hydrogen) atoms. The first kappa shape index (κ1) is 22.6. The van der Waals surface area contributed by atoms with Gasteiger partial charge in [-0.1, -0.05) is 11.6 Å². The van der Waals surface area contributed by atoms with E-state index in [1.165, 1.54) is 0 Å². The molecule has 4 heterocycles. The van der Waals surface area contributed by atoms with Gasteiger partial charge in [0.05, 0.1) is 16.5 Å². The summed E-state index contributed by atoms with van der Waals surface area (Å²) < 4.78 is 49.5. The fourth-order valence-electron chi connectivity index (χ4n) is 5.97. The summed E-state index contributed by atoms with van der Waals surface area (Å²) in [4.78, 5) is 8.17. The number of hydrogen-bond acceptors (Lipinski definition) is 7. The number of pyridine rings is 1. The van der Waals surface area contributed by atoms with E-state index in [1.54, 1.807) is 29.2 Å². The monoisotopic (exact) mass is 502 g/mol. The van der Waals surface area contributed by atoms with E-state index in [2.05, 4.69) is 26.2 Å². The number of benzene rings is 1. The van der Waals surface area contributed by atoms with E-state index >= 15 is 0 Å². The number of hydrogen-bond donors (Lipinski definition) is 0. The van der Waals surface area contributed by atoms with E-state index in [-0.39, 0.29) is 36.5 Å². The Kier molecular flexibility index (Phi) is 4.86. The molecule has 3 aliphatic rings. The lowest BCUT2D eigenvalue weighted by Crippen LogP contribution is -2.34. The van der Waals surface area contributed by atoms with Crippen LogP contribution in [0.4, 0.5) is 18.9 Å². The number of piperidine rings is 2. The maximum Gasteiger partial charge on any atom is 0.397 e. The third-order valence-electron chi connectivity index (χ3n) is 8.04. The van der Waals surface area contributed by atoms with Crippen molar-refractivity contribution in [1.29, 1.82) is 5.26 Å². The Hall–Kier alpha value is -2.90. The number of fused-ring (bicyclic) bond motifs is 2. The minimum Gasteiger partial charge on any atom is -0.424 e. The van der Waals surface area contributed by atoms with E-state index in [4.69, 9.17) is 16.0 Å². The number of rotatable bonds is 3. The first-order valence-electron chi connectivity index (χ1n) is 11.5. The van der Waals surface area contributed by atoms with E-state index in [0.717, 1.165) is 25.9 Å². The van der Waals surface area contributed by atoms with Crippen LogP contribution in [0, 0.1) is 16.7 Å². The fraction of sp³-hybridized carbons (Fsp3) is 0.500. The Balaban J connectivity index is 1.38. The van der Waals surface area contributed by atoms with Gasteiger partial charge < -0.3 is 14.2 Å². The largest absolute Gasteiger partial charge is 0.424 e. The zero-order valence-electron chi connectivity index (χ0n) is 18.9. The lowest BCUT2D eigenvalue weighted by Gasteiger charge is -2.26. The minimum absolute atomic E-state index is 0.0682. The van der Waals surface area contributed by atoms with Gasteiger partial charge in [0.25, 0.3) is 0 Å². The second-order valence-electron chi connectivity index (χ2n) is 9.99. The second kappa shape index (κ2) is 7.55. The van der Waals surface area contributed by atoms with Crippen LogP contribution >= 0.6 is 11.6 Å². The van der Waals surface area contributed by atoms with Crippen LogP contribution in [0.5, 0.6) is 0 Å². The van der Waals surface area contributed by atoms with Crippen LogP contribution in [0.2, 0.25) is 5.15 Å². The normalized spacial score (nSPS) is 27.3. The van der Waals surface area contributed by atoms with Gasteiger partial charge in [0.2, 0.25) is 11.8 Å². The molecule has 11 heteroatoms. The molecule has 0 amide bonds. The SMILES string of the molecule is CN1CCC(c2nnc([C@]34CN(c5ccc(C#N)c6nc(Cl)ccc56)C[C@@]3(C(F)(F)F)C4)o2)CC1. The molecule has 0 spiro atoms.